The number of carbonyl (C=O) groups is 4. The van der Waals surface area contributed by atoms with Gasteiger partial charge in [-0.05, 0) is 0 Å². The lowest BCUT2D eigenvalue weighted by Crippen LogP contribution is -2.68. The first-order chi connectivity index (χ1) is 31.0. The van der Waals surface area contributed by atoms with E-state index in [9.17, 15) is 29.4 Å². The first kappa shape index (κ1) is 54.8. The summed E-state index contributed by atoms with van der Waals surface area (Å²) in [5.41, 5.74) is 0. The van der Waals surface area contributed by atoms with Crippen LogP contribution in [-0.2, 0) is 109 Å². The topological polar surface area (TPSA) is 284 Å². The molecular formula is C40H66O25. The van der Waals surface area contributed by atoms with Crippen molar-refractivity contribution < 1.29 is 119 Å². The summed E-state index contributed by atoms with van der Waals surface area (Å²) in [5.74, 6) is -2.55. The number of aliphatic hydroxyl groups excluding tert-OH is 2. The average molecular weight is 947 g/mol. The number of aliphatic hydroxyl groups is 2. The smallest absolute Gasteiger partial charge is 0.302 e. The second kappa shape index (κ2) is 26.1. The standard InChI is InChI=1S/C40H66O25/c1-17(41)55-13-21-25(45)29(47-5)34(52-10)38(60-21)64-27-23(15-57-19(3)43)62-40(36(54-12)31(27)49-7)65-28-24(16-58-20(4)44)61-39(35(53-11)32(28)50-8)63-26-22(14-56-18(2)42)59-37(46)33(51-9)30(26)48-6/h21-40,45-46H,13-16H2,1-12H3/t21-,22-,23-,24-,25-,26-,27-,28-,29+,30+,31+,32+,33-,34-,35-,36-,37+,38-,39-,40-/m1/s1. The Kier molecular flexibility index (Phi) is 22.0. The fraction of sp³-hybridized carbons (Fsp3) is 0.900. The van der Waals surface area contributed by atoms with Crippen molar-refractivity contribution in [2.45, 2.75) is 151 Å². The van der Waals surface area contributed by atoms with Gasteiger partial charge in [0.1, 0.15) is 124 Å². The van der Waals surface area contributed by atoms with Crippen molar-refractivity contribution in [1.29, 1.82) is 0 Å². The number of ether oxygens (including phenoxy) is 19. The van der Waals surface area contributed by atoms with Gasteiger partial charge in [0.2, 0.25) is 0 Å². The summed E-state index contributed by atoms with van der Waals surface area (Å²) in [7, 11) is 10.9. The Morgan fingerprint density at radius 1 is 0.354 bits per heavy atom. The van der Waals surface area contributed by atoms with E-state index in [0.29, 0.717) is 0 Å². The van der Waals surface area contributed by atoms with Crippen LogP contribution in [0.4, 0.5) is 0 Å². The molecule has 4 heterocycles. The molecule has 0 aliphatic carbocycles. The minimum absolute atomic E-state index is 0.352. The second-order valence-electron chi connectivity index (χ2n) is 15.3. The average Bonchev–Trinajstić information content (AvgIpc) is 3.27. The van der Waals surface area contributed by atoms with E-state index in [1.54, 1.807) is 0 Å². The van der Waals surface area contributed by atoms with Gasteiger partial charge in [-0.2, -0.15) is 0 Å². The fourth-order valence-corrected chi connectivity index (χ4v) is 8.24. The fourth-order valence-electron chi connectivity index (χ4n) is 8.24. The first-order valence-electron chi connectivity index (χ1n) is 20.7. The van der Waals surface area contributed by atoms with Crippen molar-refractivity contribution in [2.75, 3.05) is 83.3 Å². The van der Waals surface area contributed by atoms with Crippen LogP contribution >= 0.6 is 0 Å². The lowest BCUT2D eigenvalue weighted by molar-refractivity contribution is -0.393. The summed E-state index contributed by atoms with van der Waals surface area (Å²) >= 11 is 0. The molecule has 4 aliphatic heterocycles. The zero-order chi connectivity index (χ0) is 48.1. The molecular weight excluding hydrogens is 880 g/mol. The molecule has 0 aromatic heterocycles. The molecule has 4 rings (SSSR count). The number of rotatable bonds is 22. The molecule has 0 radical (unpaired) electrons. The Morgan fingerprint density at radius 3 is 0.923 bits per heavy atom. The number of esters is 4. The lowest BCUT2D eigenvalue weighted by Gasteiger charge is -2.51. The summed E-state index contributed by atoms with van der Waals surface area (Å²) in [5, 5.41) is 21.8. The van der Waals surface area contributed by atoms with E-state index in [4.69, 9.17) is 90.0 Å². The maximum Gasteiger partial charge on any atom is 0.302 e. The summed E-state index contributed by atoms with van der Waals surface area (Å²) < 4.78 is 112. The molecule has 4 fully saturated rings. The molecule has 2 N–H and O–H groups in total. The van der Waals surface area contributed by atoms with E-state index >= 15 is 0 Å². The van der Waals surface area contributed by atoms with Gasteiger partial charge in [-0.15, -0.1) is 0 Å². The molecule has 0 amide bonds. The Morgan fingerprint density at radius 2 is 0.615 bits per heavy atom. The maximum absolute atomic E-state index is 12.2. The molecule has 0 aromatic rings. The third-order valence-corrected chi connectivity index (χ3v) is 11.3. The normalized spacial score (nSPS) is 39.8. The zero-order valence-corrected chi connectivity index (χ0v) is 38.7. The van der Waals surface area contributed by atoms with Gasteiger partial charge in [0.25, 0.3) is 0 Å². The largest absolute Gasteiger partial charge is 0.463 e. The number of hydrogen-bond acceptors (Lipinski definition) is 25. The molecule has 4 saturated heterocycles. The molecule has 65 heavy (non-hydrogen) atoms. The van der Waals surface area contributed by atoms with Crippen molar-refractivity contribution in [3.8, 4) is 0 Å². The Hall–Kier alpha value is -2.80. The molecule has 0 spiro atoms. The van der Waals surface area contributed by atoms with Gasteiger partial charge < -0.3 is 100 Å². The molecule has 20 atom stereocenters. The van der Waals surface area contributed by atoms with Crippen molar-refractivity contribution in [1.82, 2.24) is 0 Å². The predicted octanol–water partition coefficient (Wildman–Crippen LogP) is -2.23. The molecule has 4 aliphatic rings. The van der Waals surface area contributed by atoms with Crippen LogP contribution in [-0.4, -0.2) is 240 Å². The van der Waals surface area contributed by atoms with Crippen LogP contribution in [0.2, 0.25) is 0 Å². The highest BCUT2D eigenvalue weighted by atomic mass is 16.8. The van der Waals surface area contributed by atoms with Gasteiger partial charge >= 0.3 is 23.9 Å². The molecule has 25 nitrogen and oxygen atoms in total. The zero-order valence-electron chi connectivity index (χ0n) is 38.7. The van der Waals surface area contributed by atoms with Crippen molar-refractivity contribution in [3.05, 3.63) is 0 Å². The summed E-state index contributed by atoms with van der Waals surface area (Å²) in [6, 6.07) is 0. The highest BCUT2D eigenvalue weighted by Crippen LogP contribution is 2.38. The Bertz CT molecular complexity index is 1490. The number of carbonyl (C=O) groups excluding carboxylic acids is 4. The first-order valence-corrected chi connectivity index (χ1v) is 20.7. The molecule has 376 valence electrons. The van der Waals surface area contributed by atoms with Crippen LogP contribution in [0.3, 0.4) is 0 Å². The van der Waals surface area contributed by atoms with E-state index in [2.05, 4.69) is 0 Å². The van der Waals surface area contributed by atoms with Crippen LogP contribution in [0.25, 0.3) is 0 Å². The second-order valence-corrected chi connectivity index (χ2v) is 15.3. The van der Waals surface area contributed by atoms with Gasteiger partial charge in [-0.3, -0.25) is 19.2 Å². The third-order valence-electron chi connectivity index (χ3n) is 11.3. The van der Waals surface area contributed by atoms with Gasteiger partial charge in [0, 0.05) is 84.6 Å². The quantitative estimate of drug-likeness (QED) is 0.0858. The van der Waals surface area contributed by atoms with Crippen LogP contribution in [0, 0.1) is 0 Å². The maximum atomic E-state index is 12.2. The minimum atomic E-state index is -1.50. The van der Waals surface area contributed by atoms with Gasteiger partial charge in [0.05, 0.1) is 0 Å². The summed E-state index contributed by atoms with van der Waals surface area (Å²) in [4.78, 5) is 48.0. The minimum Gasteiger partial charge on any atom is -0.463 e. The predicted molar refractivity (Wildman–Crippen MR) is 210 cm³/mol. The van der Waals surface area contributed by atoms with E-state index in [1.165, 1.54) is 84.6 Å². The molecule has 0 unspecified atom stereocenters. The van der Waals surface area contributed by atoms with E-state index in [0.717, 1.165) is 0 Å². The van der Waals surface area contributed by atoms with Crippen LogP contribution in [0.1, 0.15) is 27.7 Å². The molecule has 0 saturated carbocycles. The van der Waals surface area contributed by atoms with Gasteiger partial charge in [-0.25, -0.2) is 0 Å². The van der Waals surface area contributed by atoms with Gasteiger partial charge in [-0.1, -0.05) is 0 Å². The molecule has 0 bridgehead atoms. The number of methoxy groups -OCH3 is 8. The van der Waals surface area contributed by atoms with Crippen molar-refractivity contribution >= 4 is 23.9 Å². The monoisotopic (exact) mass is 946 g/mol. The van der Waals surface area contributed by atoms with Crippen LogP contribution in [0.15, 0.2) is 0 Å². The Balaban J connectivity index is 1.70. The highest BCUT2D eigenvalue weighted by molar-refractivity contribution is 5.66. The molecule has 0 aromatic carbocycles. The van der Waals surface area contributed by atoms with Crippen molar-refractivity contribution in [3.63, 3.8) is 0 Å². The van der Waals surface area contributed by atoms with Crippen LogP contribution < -0.4 is 0 Å². The SMILES string of the molecule is CO[C@@H]1[C@@H](OC)[C@@H](O)O[C@H](COC(C)=O)[C@H]1O[C@H]1O[C@H](COC(C)=O)[C@@H](O[C@H]2O[C@H](COC(C)=O)[C@@H](O[C@H]3O[C@H](COC(C)=O)[C@@H](O)[C@H](OC)[C@H]3OC)[C@H](OC)[C@H]2OC)[C@H](OC)[C@H]1OC. The Labute approximate surface area is 376 Å². The summed E-state index contributed by atoms with van der Waals surface area (Å²) in [6.07, 6.45) is -23.7. The van der Waals surface area contributed by atoms with E-state index in [1.807, 2.05) is 0 Å². The number of hydrogen-bond donors (Lipinski definition) is 2. The summed E-state index contributed by atoms with van der Waals surface area (Å²) in [6.45, 7) is 3.27. The lowest BCUT2D eigenvalue weighted by atomic mass is 9.95. The van der Waals surface area contributed by atoms with E-state index < -0.39 is 160 Å². The van der Waals surface area contributed by atoms with Gasteiger partial charge in [0.15, 0.2) is 25.2 Å². The molecule has 25 heteroatoms. The third kappa shape index (κ3) is 13.7. The van der Waals surface area contributed by atoms with Crippen LogP contribution in [0.5, 0.6) is 0 Å². The highest BCUT2D eigenvalue weighted by Gasteiger charge is 2.58. The van der Waals surface area contributed by atoms with E-state index in [-0.39, 0.29) is 13.2 Å². The van der Waals surface area contributed by atoms with Crippen molar-refractivity contribution in [2.24, 2.45) is 0 Å².